The van der Waals surface area contributed by atoms with Crippen molar-refractivity contribution in [3.05, 3.63) is 47.0 Å². The molecule has 0 unspecified atom stereocenters. The zero-order valence-electron chi connectivity index (χ0n) is 11.0. The molecular weight excluding hydrogens is 269 g/mol. The molecule has 0 aliphatic carbocycles. The van der Waals surface area contributed by atoms with E-state index in [9.17, 15) is 13.2 Å². The molecule has 0 aliphatic rings. The first-order valence-corrected chi connectivity index (χ1v) is 5.85. The number of nitrogen functional groups attached to an aromatic ring is 1. The standard InChI is InChI=1S/C14H13F3N2O/c1-8-3-4-11(9(2)5-8)20-13-7-10(14(15,16)17)6-12(18)19-13/h3-7H,1-2H3,(H2,18,19). The van der Waals surface area contributed by atoms with Crippen molar-refractivity contribution in [2.24, 2.45) is 0 Å². The molecule has 1 heterocycles. The van der Waals surface area contributed by atoms with E-state index in [1.807, 2.05) is 13.0 Å². The van der Waals surface area contributed by atoms with E-state index in [1.165, 1.54) is 0 Å². The van der Waals surface area contributed by atoms with Gasteiger partial charge in [-0.1, -0.05) is 17.7 Å². The Kier molecular flexibility index (Phi) is 3.57. The fraction of sp³-hybridized carbons (Fsp3) is 0.214. The predicted molar refractivity (Wildman–Crippen MR) is 69.6 cm³/mol. The molecule has 20 heavy (non-hydrogen) atoms. The number of halogens is 3. The molecule has 2 rings (SSSR count). The van der Waals surface area contributed by atoms with E-state index in [0.29, 0.717) is 5.75 Å². The molecule has 0 aliphatic heterocycles. The van der Waals surface area contributed by atoms with Gasteiger partial charge in [-0.3, -0.25) is 0 Å². The van der Waals surface area contributed by atoms with Crippen LogP contribution >= 0.6 is 0 Å². The number of aromatic nitrogens is 1. The van der Waals surface area contributed by atoms with Crippen molar-refractivity contribution >= 4 is 5.82 Å². The maximum Gasteiger partial charge on any atom is 0.416 e. The largest absolute Gasteiger partial charge is 0.439 e. The molecule has 0 atom stereocenters. The van der Waals surface area contributed by atoms with E-state index in [-0.39, 0.29) is 11.7 Å². The lowest BCUT2D eigenvalue weighted by Gasteiger charge is -2.12. The first kappa shape index (κ1) is 14.2. The predicted octanol–water partition coefficient (Wildman–Crippen LogP) is 4.09. The number of benzene rings is 1. The third-order valence-electron chi connectivity index (χ3n) is 2.69. The number of hydrogen-bond donors (Lipinski definition) is 1. The van der Waals surface area contributed by atoms with Crippen molar-refractivity contribution in [3.63, 3.8) is 0 Å². The quantitative estimate of drug-likeness (QED) is 0.902. The summed E-state index contributed by atoms with van der Waals surface area (Å²) >= 11 is 0. The molecule has 0 bridgehead atoms. The number of aryl methyl sites for hydroxylation is 2. The van der Waals surface area contributed by atoms with Gasteiger partial charge in [0.15, 0.2) is 0 Å². The molecule has 0 amide bonds. The van der Waals surface area contributed by atoms with Crippen LogP contribution in [-0.4, -0.2) is 4.98 Å². The molecule has 1 aromatic heterocycles. The minimum atomic E-state index is -4.49. The van der Waals surface area contributed by atoms with Gasteiger partial charge in [-0.05, 0) is 31.5 Å². The summed E-state index contributed by atoms with van der Waals surface area (Å²) in [6.07, 6.45) is -4.49. The lowest BCUT2D eigenvalue weighted by Crippen LogP contribution is -2.07. The number of hydrogen-bond acceptors (Lipinski definition) is 3. The van der Waals surface area contributed by atoms with Crippen LogP contribution in [0.2, 0.25) is 0 Å². The highest BCUT2D eigenvalue weighted by atomic mass is 19.4. The number of pyridine rings is 1. The maximum atomic E-state index is 12.7. The van der Waals surface area contributed by atoms with Crippen molar-refractivity contribution < 1.29 is 17.9 Å². The summed E-state index contributed by atoms with van der Waals surface area (Å²) in [6, 6.07) is 6.96. The first-order chi connectivity index (χ1) is 9.25. The van der Waals surface area contributed by atoms with Crippen molar-refractivity contribution in [1.82, 2.24) is 4.98 Å². The van der Waals surface area contributed by atoms with Crippen LogP contribution in [0.1, 0.15) is 16.7 Å². The molecule has 1 aromatic carbocycles. The second-order valence-corrected chi connectivity index (χ2v) is 4.49. The van der Waals surface area contributed by atoms with E-state index < -0.39 is 11.7 Å². The molecule has 2 aromatic rings. The van der Waals surface area contributed by atoms with Gasteiger partial charge in [0.05, 0.1) is 5.56 Å². The van der Waals surface area contributed by atoms with Gasteiger partial charge in [-0.2, -0.15) is 18.2 Å². The second kappa shape index (κ2) is 5.03. The third-order valence-corrected chi connectivity index (χ3v) is 2.69. The average Bonchev–Trinajstić information content (AvgIpc) is 2.31. The van der Waals surface area contributed by atoms with Crippen LogP contribution in [0.15, 0.2) is 30.3 Å². The molecular formula is C14H13F3N2O. The molecule has 106 valence electrons. The van der Waals surface area contributed by atoms with Gasteiger partial charge in [-0.15, -0.1) is 0 Å². The number of nitrogens with two attached hydrogens (primary N) is 1. The minimum absolute atomic E-state index is 0.177. The lowest BCUT2D eigenvalue weighted by atomic mass is 10.1. The van der Waals surface area contributed by atoms with Crippen LogP contribution in [0.3, 0.4) is 0 Å². The van der Waals surface area contributed by atoms with Crippen LogP contribution in [0, 0.1) is 13.8 Å². The number of rotatable bonds is 2. The minimum Gasteiger partial charge on any atom is -0.439 e. The van der Waals surface area contributed by atoms with Gasteiger partial charge in [-0.25, -0.2) is 0 Å². The Morgan fingerprint density at radius 1 is 1.10 bits per heavy atom. The Labute approximate surface area is 114 Å². The van der Waals surface area contributed by atoms with Gasteiger partial charge in [0.25, 0.3) is 0 Å². The summed E-state index contributed by atoms with van der Waals surface area (Å²) in [7, 11) is 0. The molecule has 0 fully saturated rings. The number of anilines is 1. The summed E-state index contributed by atoms with van der Waals surface area (Å²) in [5.74, 6) is 0.0330. The Bertz CT molecular complexity index is 639. The van der Waals surface area contributed by atoms with Crippen molar-refractivity contribution in [1.29, 1.82) is 0 Å². The number of alkyl halides is 3. The van der Waals surface area contributed by atoms with Crippen molar-refractivity contribution in [3.8, 4) is 11.6 Å². The topological polar surface area (TPSA) is 48.1 Å². The summed E-state index contributed by atoms with van der Waals surface area (Å²) in [4.78, 5) is 3.76. The normalized spacial score (nSPS) is 11.4. The average molecular weight is 282 g/mol. The molecule has 3 nitrogen and oxygen atoms in total. The van der Waals surface area contributed by atoms with Gasteiger partial charge in [0.1, 0.15) is 11.6 Å². The number of nitrogens with zero attached hydrogens (tertiary/aromatic N) is 1. The van der Waals surface area contributed by atoms with E-state index in [2.05, 4.69) is 4.98 Å². The number of ether oxygens (including phenoxy) is 1. The third kappa shape index (κ3) is 3.20. The van der Waals surface area contributed by atoms with Gasteiger partial charge < -0.3 is 10.5 Å². The van der Waals surface area contributed by atoms with Crippen LogP contribution in [0.25, 0.3) is 0 Å². The highest BCUT2D eigenvalue weighted by Gasteiger charge is 2.31. The van der Waals surface area contributed by atoms with Crippen molar-refractivity contribution in [2.45, 2.75) is 20.0 Å². The van der Waals surface area contributed by atoms with Crippen LogP contribution in [0.4, 0.5) is 19.0 Å². The summed E-state index contributed by atoms with van der Waals surface area (Å²) in [5.41, 5.74) is 6.34. The first-order valence-electron chi connectivity index (χ1n) is 5.85. The van der Waals surface area contributed by atoms with Crippen LogP contribution < -0.4 is 10.5 Å². The van der Waals surface area contributed by atoms with E-state index in [1.54, 1.807) is 19.1 Å². The monoisotopic (exact) mass is 282 g/mol. The van der Waals surface area contributed by atoms with Crippen molar-refractivity contribution in [2.75, 3.05) is 5.73 Å². The lowest BCUT2D eigenvalue weighted by molar-refractivity contribution is -0.137. The molecule has 0 radical (unpaired) electrons. The molecule has 0 spiro atoms. The molecule has 0 saturated heterocycles. The molecule has 6 heteroatoms. The maximum absolute atomic E-state index is 12.7. The SMILES string of the molecule is Cc1ccc(Oc2cc(C(F)(F)F)cc(N)n2)c(C)c1. The zero-order valence-corrected chi connectivity index (χ0v) is 11.0. The van der Waals surface area contributed by atoms with Gasteiger partial charge in [0, 0.05) is 6.07 Å². The Hall–Kier alpha value is -2.24. The van der Waals surface area contributed by atoms with Gasteiger partial charge >= 0.3 is 6.18 Å². The van der Waals surface area contributed by atoms with E-state index in [4.69, 9.17) is 10.5 Å². The summed E-state index contributed by atoms with van der Waals surface area (Å²) in [5, 5.41) is 0. The van der Waals surface area contributed by atoms with E-state index in [0.717, 1.165) is 23.3 Å². The second-order valence-electron chi connectivity index (χ2n) is 4.49. The highest BCUT2D eigenvalue weighted by Crippen LogP contribution is 2.33. The Balaban J connectivity index is 2.36. The Morgan fingerprint density at radius 2 is 1.80 bits per heavy atom. The molecule has 0 saturated carbocycles. The van der Waals surface area contributed by atoms with Crippen LogP contribution in [-0.2, 0) is 6.18 Å². The molecule has 2 N–H and O–H groups in total. The fourth-order valence-electron chi connectivity index (χ4n) is 1.77. The summed E-state index contributed by atoms with van der Waals surface area (Å²) in [6.45, 7) is 3.72. The smallest absolute Gasteiger partial charge is 0.416 e. The Morgan fingerprint density at radius 3 is 2.40 bits per heavy atom. The highest BCUT2D eigenvalue weighted by molar-refractivity contribution is 5.42. The summed E-state index contributed by atoms with van der Waals surface area (Å²) < 4.78 is 43.4. The fourth-order valence-corrected chi connectivity index (χ4v) is 1.77. The zero-order chi connectivity index (χ0) is 14.9. The van der Waals surface area contributed by atoms with Crippen LogP contribution in [0.5, 0.6) is 11.6 Å². The van der Waals surface area contributed by atoms with Gasteiger partial charge in [0.2, 0.25) is 5.88 Å². The van der Waals surface area contributed by atoms with E-state index >= 15 is 0 Å².